The van der Waals surface area contributed by atoms with Gasteiger partial charge < -0.3 is 10.0 Å². The number of carbonyl (C=O) groups excluding carboxylic acids is 1. The summed E-state index contributed by atoms with van der Waals surface area (Å²) in [5.74, 6) is -0.401. The highest BCUT2D eigenvalue weighted by Crippen LogP contribution is 2.44. The predicted molar refractivity (Wildman–Crippen MR) is 84.9 cm³/mol. The van der Waals surface area contributed by atoms with E-state index in [2.05, 4.69) is 5.10 Å². The topological polar surface area (TPSA) is 75.4 Å². The lowest BCUT2D eigenvalue weighted by molar-refractivity contribution is -0.142. The second-order valence-corrected chi connectivity index (χ2v) is 7.02. The minimum Gasteiger partial charge on any atom is -0.481 e. The van der Waals surface area contributed by atoms with Gasteiger partial charge in [0.25, 0.3) is 0 Å². The summed E-state index contributed by atoms with van der Waals surface area (Å²) in [6.45, 7) is 4.97. The Bertz CT molecular complexity index is 633. The van der Waals surface area contributed by atoms with Crippen LogP contribution in [0.4, 0.5) is 0 Å². The van der Waals surface area contributed by atoms with Gasteiger partial charge in [-0.2, -0.15) is 5.10 Å². The highest BCUT2D eigenvalue weighted by atomic mass is 16.4. The second kappa shape index (κ2) is 5.98. The van der Waals surface area contributed by atoms with Crippen LogP contribution in [0.2, 0.25) is 0 Å². The fourth-order valence-corrected chi connectivity index (χ4v) is 3.87. The lowest BCUT2D eigenvalue weighted by Gasteiger charge is -2.16. The van der Waals surface area contributed by atoms with E-state index in [1.54, 1.807) is 4.90 Å². The number of likely N-dealkylation sites (tertiary alicyclic amines) is 1. The molecule has 1 N–H and O–H groups in total. The van der Waals surface area contributed by atoms with Crippen molar-refractivity contribution in [2.24, 2.45) is 24.8 Å². The van der Waals surface area contributed by atoms with E-state index in [0.717, 1.165) is 29.8 Å². The van der Waals surface area contributed by atoms with E-state index >= 15 is 0 Å². The molecule has 1 saturated carbocycles. The number of carboxylic acid groups (broad SMARTS) is 1. The quantitative estimate of drug-likeness (QED) is 0.893. The van der Waals surface area contributed by atoms with Gasteiger partial charge in [-0.1, -0.05) is 0 Å². The number of hydrogen-bond acceptors (Lipinski definition) is 3. The average Bonchev–Trinajstić information content (AvgIpc) is 3.18. The molecule has 0 radical (unpaired) electrons. The maximum Gasteiger partial charge on any atom is 0.308 e. The molecule has 1 amide bonds. The lowest BCUT2D eigenvalue weighted by Crippen LogP contribution is -2.30. The Balaban J connectivity index is 1.61. The molecule has 6 nitrogen and oxygen atoms in total. The van der Waals surface area contributed by atoms with Crippen molar-refractivity contribution in [1.29, 1.82) is 0 Å². The Morgan fingerprint density at radius 3 is 2.48 bits per heavy atom. The van der Waals surface area contributed by atoms with Crippen LogP contribution in [0.3, 0.4) is 0 Å². The lowest BCUT2D eigenvalue weighted by atomic mass is 9.92. The van der Waals surface area contributed by atoms with E-state index in [-0.39, 0.29) is 17.7 Å². The standard InChI is InChI=1S/C17H25N3O3/c1-10-13(11(2)19(3)18-10)6-7-16(21)20-8-14(12-4-5-12)15(9-20)17(22)23/h12,14-15H,4-9H2,1-3H3,(H,22,23)/t14-,15+/m0/s1. The molecule has 2 aliphatic rings. The molecule has 3 rings (SSSR count). The highest BCUT2D eigenvalue weighted by molar-refractivity contribution is 5.79. The zero-order chi connectivity index (χ0) is 16.7. The van der Waals surface area contributed by atoms with Crippen LogP contribution in [0.25, 0.3) is 0 Å². The number of aliphatic carboxylic acids is 1. The molecule has 2 atom stereocenters. The number of rotatable bonds is 5. The van der Waals surface area contributed by atoms with E-state index in [4.69, 9.17) is 0 Å². The summed E-state index contributed by atoms with van der Waals surface area (Å²) in [4.78, 5) is 25.7. The Morgan fingerprint density at radius 2 is 1.96 bits per heavy atom. The molecule has 0 unspecified atom stereocenters. The summed E-state index contributed by atoms with van der Waals surface area (Å²) < 4.78 is 1.84. The molecule has 0 aromatic carbocycles. The van der Waals surface area contributed by atoms with Gasteiger partial charge in [0.15, 0.2) is 0 Å². The van der Waals surface area contributed by atoms with Gasteiger partial charge in [-0.05, 0) is 50.5 Å². The van der Waals surface area contributed by atoms with Gasteiger partial charge in [-0.15, -0.1) is 0 Å². The van der Waals surface area contributed by atoms with E-state index in [1.165, 1.54) is 0 Å². The third kappa shape index (κ3) is 3.12. The van der Waals surface area contributed by atoms with E-state index in [9.17, 15) is 14.7 Å². The Hall–Kier alpha value is -1.85. The first kappa shape index (κ1) is 16.0. The van der Waals surface area contributed by atoms with Crippen molar-refractivity contribution in [2.45, 2.75) is 39.5 Å². The Kier molecular flexibility index (Phi) is 4.17. The summed E-state index contributed by atoms with van der Waals surface area (Å²) in [6.07, 6.45) is 3.33. The molecule has 1 aromatic heterocycles. The monoisotopic (exact) mass is 319 g/mol. The zero-order valence-corrected chi connectivity index (χ0v) is 14.1. The summed E-state index contributed by atoms with van der Waals surface area (Å²) in [5, 5.41) is 13.8. The van der Waals surface area contributed by atoms with Gasteiger partial charge in [0.1, 0.15) is 0 Å². The Morgan fingerprint density at radius 1 is 1.26 bits per heavy atom. The van der Waals surface area contributed by atoms with Crippen LogP contribution < -0.4 is 0 Å². The van der Waals surface area contributed by atoms with Gasteiger partial charge in [0, 0.05) is 32.3 Å². The van der Waals surface area contributed by atoms with Crippen molar-refractivity contribution in [3.8, 4) is 0 Å². The number of carboxylic acids is 1. The smallest absolute Gasteiger partial charge is 0.308 e. The molecule has 23 heavy (non-hydrogen) atoms. The molecule has 2 heterocycles. The number of carbonyl (C=O) groups is 2. The van der Waals surface area contributed by atoms with Crippen LogP contribution in [0.5, 0.6) is 0 Å². The number of nitrogens with zero attached hydrogens (tertiary/aromatic N) is 3. The van der Waals surface area contributed by atoms with Crippen molar-refractivity contribution in [3.05, 3.63) is 17.0 Å². The van der Waals surface area contributed by atoms with Gasteiger partial charge in [-0.25, -0.2) is 0 Å². The third-order valence-electron chi connectivity index (χ3n) is 5.51. The SMILES string of the molecule is Cc1nn(C)c(C)c1CCC(=O)N1C[C@@H](C(=O)O)[C@H](C2CC2)C1. The van der Waals surface area contributed by atoms with Gasteiger partial charge >= 0.3 is 5.97 Å². The highest BCUT2D eigenvalue weighted by Gasteiger charge is 2.46. The van der Waals surface area contributed by atoms with Crippen LogP contribution in [0.15, 0.2) is 0 Å². The van der Waals surface area contributed by atoms with Crippen molar-refractivity contribution < 1.29 is 14.7 Å². The van der Waals surface area contributed by atoms with Crippen LogP contribution in [-0.2, 0) is 23.1 Å². The average molecular weight is 319 g/mol. The van der Waals surface area contributed by atoms with E-state index in [0.29, 0.717) is 31.8 Å². The first-order valence-electron chi connectivity index (χ1n) is 8.38. The maximum absolute atomic E-state index is 12.5. The van der Waals surface area contributed by atoms with Crippen LogP contribution in [0.1, 0.15) is 36.2 Å². The molecule has 0 bridgehead atoms. The normalized spacial score (nSPS) is 24.2. The number of hydrogen-bond donors (Lipinski definition) is 1. The van der Waals surface area contributed by atoms with Crippen LogP contribution in [0, 0.1) is 31.6 Å². The zero-order valence-electron chi connectivity index (χ0n) is 14.1. The molecular formula is C17H25N3O3. The molecule has 6 heteroatoms. The molecule has 126 valence electrons. The molecule has 1 aliphatic carbocycles. The summed E-state index contributed by atoms with van der Waals surface area (Å²) in [5.41, 5.74) is 3.20. The molecular weight excluding hydrogens is 294 g/mol. The molecule has 1 aliphatic heterocycles. The van der Waals surface area contributed by atoms with Crippen molar-refractivity contribution in [1.82, 2.24) is 14.7 Å². The van der Waals surface area contributed by atoms with Gasteiger partial charge in [-0.3, -0.25) is 14.3 Å². The predicted octanol–water partition coefficient (Wildman–Crippen LogP) is 1.54. The van der Waals surface area contributed by atoms with Crippen molar-refractivity contribution in [2.75, 3.05) is 13.1 Å². The van der Waals surface area contributed by atoms with Gasteiger partial charge in [0.05, 0.1) is 11.6 Å². The number of aromatic nitrogens is 2. The maximum atomic E-state index is 12.5. The summed E-state index contributed by atoms with van der Waals surface area (Å²) in [6, 6.07) is 0. The van der Waals surface area contributed by atoms with Crippen LogP contribution in [-0.4, -0.2) is 44.8 Å². The van der Waals surface area contributed by atoms with Gasteiger partial charge in [0.2, 0.25) is 5.91 Å². The first-order chi connectivity index (χ1) is 10.9. The fourth-order valence-electron chi connectivity index (χ4n) is 3.87. The van der Waals surface area contributed by atoms with E-state index < -0.39 is 5.97 Å². The number of amides is 1. The molecule has 1 saturated heterocycles. The summed E-state index contributed by atoms with van der Waals surface area (Å²) in [7, 11) is 1.91. The fraction of sp³-hybridized carbons (Fsp3) is 0.706. The molecule has 2 fully saturated rings. The molecule has 1 aromatic rings. The summed E-state index contributed by atoms with van der Waals surface area (Å²) >= 11 is 0. The minimum absolute atomic E-state index is 0.0713. The van der Waals surface area contributed by atoms with E-state index in [1.807, 2.05) is 25.6 Å². The molecule has 0 spiro atoms. The first-order valence-corrected chi connectivity index (χ1v) is 8.38. The largest absolute Gasteiger partial charge is 0.481 e. The van der Waals surface area contributed by atoms with Crippen molar-refractivity contribution >= 4 is 11.9 Å². The third-order valence-corrected chi connectivity index (χ3v) is 5.51. The minimum atomic E-state index is -0.754. The number of aryl methyl sites for hydroxylation is 2. The van der Waals surface area contributed by atoms with Crippen LogP contribution >= 0.6 is 0 Å². The Labute approximate surface area is 136 Å². The second-order valence-electron chi connectivity index (χ2n) is 7.02. The van der Waals surface area contributed by atoms with Crippen molar-refractivity contribution in [3.63, 3.8) is 0 Å².